The average Bonchev–Trinajstić information content (AvgIpc) is 2.88. The Morgan fingerprint density at radius 1 is 1.28 bits per heavy atom. The van der Waals surface area contributed by atoms with Gasteiger partial charge in [-0.05, 0) is 38.8 Å². The molecule has 8 heteroatoms. The number of hydrogen-bond donors (Lipinski definition) is 1. The maximum Gasteiger partial charge on any atom is 0.171 e. The predicted molar refractivity (Wildman–Crippen MR) is 80.3 cm³/mol. The molecule has 1 N–H and O–H groups in total. The van der Waals surface area contributed by atoms with Crippen LogP contribution in [0.2, 0.25) is 0 Å². The third-order valence-electron chi connectivity index (χ3n) is 1.73. The number of aliphatic hydroxyl groups is 1. The highest BCUT2D eigenvalue weighted by atomic mass is 79.9. The quantitative estimate of drug-likeness (QED) is 0.753. The van der Waals surface area contributed by atoms with Gasteiger partial charge in [0, 0.05) is 13.1 Å². The summed E-state index contributed by atoms with van der Waals surface area (Å²) in [5.41, 5.74) is 0. The maximum atomic E-state index is 10.6. The summed E-state index contributed by atoms with van der Waals surface area (Å²) < 4.78 is 1.58. The van der Waals surface area contributed by atoms with E-state index in [1.807, 2.05) is 0 Å². The van der Waals surface area contributed by atoms with Crippen molar-refractivity contribution in [2.45, 2.75) is 20.0 Å². The number of ketones is 1. The zero-order valence-corrected chi connectivity index (χ0v) is 14.4. The van der Waals surface area contributed by atoms with Crippen molar-refractivity contribution >= 4 is 60.3 Å². The summed E-state index contributed by atoms with van der Waals surface area (Å²) in [5, 5.41) is 8.99. The highest BCUT2D eigenvalue weighted by molar-refractivity contribution is 9.11. The third-order valence-corrected chi connectivity index (χ3v) is 4.96. The minimum absolute atomic E-state index is 0.0678. The van der Waals surface area contributed by atoms with Crippen molar-refractivity contribution < 1.29 is 9.90 Å². The highest BCUT2D eigenvalue weighted by Crippen LogP contribution is 2.23. The summed E-state index contributed by atoms with van der Waals surface area (Å²) in [5.74, 6) is 0.0678. The van der Waals surface area contributed by atoms with Crippen molar-refractivity contribution in [1.29, 1.82) is 0 Å². The van der Waals surface area contributed by atoms with Crippen LogP contribution in [0.3, 0.4) is 0 Å². The third kappa shape index (κ3) is 5.23. The number of aliphatic hydroxyl groups excluding tert-OH is 1. The van der Waals surface area contributed by atoms with Crippen molar-refractivity contribution in [3.63, 3.8) is 0 Å². The van der Waals surface area contributed by atoms with Crippen molar-refractivity contribution in [3.8, 4) is 0 Å². The highest BCUT2D eigenvalue weighted by Gasteiger charge is 2.03. The van der Waals surface area contributed by atoms with Gasteiger partial charge in [0.05, 0.1) is 22.1 Å². The lowest BCUT2D eigenvalue weighted by Crippen LogP contribution is -1.83. The molecule has 0 aliphatic carbocycles. The molecule has 0 saturated heterocycles. The van der Waals surface area contributed by atoms with E-state index in [1.54, 1.807) is 19.3 Å². The van der Waals surface area contributed by atoms with Crippen LogP contribution < -0.4 is 0 Å². The molecule has 0 amide bonds. The molecule has 2 aromatic heterocycles. The van der Waals surface area contributed by atoms with Crippen molar-refractivity contribution in [2.75, 3.05) is 0 Å². The number of hydrogen-bond acceptors (Lipinski definition) is 6. The number of carbonyl (C=O) groups is 1. The number of nitrogens with zero attached hydrogens (tertiary/aromatic N) is 2. The Hall–Kier alpha value is -0.150. The van der Waals surface area contributed by atoms with E-state index in [9.17, 15) is 4.79 Å². The Morgan fingerprint density at radius 3 is 2.06 bits per heavy atom. The molecule has 4 nitrogen and oxygen atoms in total. The van der Waals surface area contributed by atoms with Crippen LogP contribution in [0.25, 0.3) is 0 Å². The topological polar surface area (TPSA) is 63.1 Å². The molecular formula is C10H10Br2N2O2S2. The molecule has 2 aromatic rings. The van der Waals surface area contributed by atoms with Crippen LogP contribution in [0.15, 0.2) is 20.2 Å². The molecular weight excluding hydrogens is 404 g/mol. The van der Waals surface area contributed by atoms with Gasteiger partial charge < -0.3 is 5.11 Å². The lowest BCUT2D eigenvalue weighted by molar-refractivity contribution is 0.102. The molecule has 0 aromatic carbocycles. The molecule has 0 aliphatic heterocycles. The SMILES string of the molecule is CC(=O)c1cnc(Br)s1.CC(O)c1cnc(Br)s1. The fraction of sp³-hybridized carbons (Fsp3) is 0.300. The Morgan fingerprint density at radius 2 is 1.83 bits per heavy atom. The van der Waals surface area contributed by atoms with Gasteiger partial charge in [-0.15, -0.1) is 22.7 Å². The van der Waals surface area contributed by atoms with Crippen LogP contribution in [0.1, 0.15) is 34.5 Å². The second kappa shape index (κ2) is 7.44. The van der Waals surface area contributed by atoms with Gasteiger partial charge >= 0.3 is 0 Å². The summed E-state index contributed by atoms with van der Waals surface area (Å²) in [4.78, 5) is 20.0. The Kier molecular flexibility index (Phi) is 6.58. The van der Waals surface area contributed by atoms with E-state index in [1.165, 1.54) is 29.6 Å². The molecule has 0 saturated carbocycles. The van der Waals surface area contributed by atoms with E-state index in [-0.39, 0.29) is 5.78 Å². The largest absolute Gasteiger partial charge is 0.388 e. The minimum atomic E-state index is -0.395. The van der Waals surface area contributed by atoms with Crippen LogP contribution >= 0.6 is 54.5 Å². The van der Waals surface area contributed by atoms with Gasteiger partial charge in [-0.1, -0.05) is 0 Å². The number of halogens is 2. The number of rotatable bonds is 2. The monoisotopic (exact) mass is 412 g/mol. The fourth-order valence-electron chi connectivity index (χ4n) is 0.873. The first-order valence-corrected chi connectivity index (χ1v) is 8.03. The Labute approximate surface area is 129 Å². The second-order valence-electron chi connectivity index (χ2n) is 3.23. The molecule has 98 valence electrons. The minimum Gasteiger partial charge on any atom is -0.388 e. The van der Waals surface area contributed by atoms with E-state index < -0.39 is 6.10 Å². The number of Topliss-reactive ketones (excluding diaryl/α,β-unsaturated/α-hetero) is 1. The first kappa shape index (κ1) is 15.9. The summed E-state index contributed by atoms with van der Waals surface area (Å²) in [6.07, 6.45) is 2.84. The first-order valence-electron chi connectivity index (χ1n) is 4.81. The average molecular weight is 414 g/mol. The van der Waals surface area contributed by atoms with Crippen molar-refractivity contribution in [1.82, 2.24) is 9.97 Å². The predicted octanol–water partition coefficient (Wildman–Crippen LogP) is 4.07. The van der Waals surface area contributed by atoms with E-state index in [0.717, 1.165) is 12.7 Å². The molecule has 2 heterocycles. The van der Waals surface area contributed by atoms with Crippen molar-refractivity contribution in [2.24, 2.45) is 0 Å². The molecule has 0 fully saturated rings. The van der Waals surface area contributed by atoms with Crippen LogP contribution in [0, 0.1) is 0 Å². The van der Waals surface area contributed by atoms with Crippen LogP contribution in [-0.4, -0.2) is 20.9 Å². The van der Waals surface area contributed by atoms with Gasteiger partial charge in [-0.25, -0.2) is 9.97 Å². The molecule has 18 heavy (non-hydrogen) atoms. The summed E-state index contributed by atoms with van der Waals surface area (Å²) in [6.45, 7) is 3.25. The standard InChI is InChI=1S/C5H6BrNOS.C5H4BrNOS/c2*1-3(8)4-2-7-5(6)9-4/h2-3,8H,1H3;2H,1H3. The molecule has 0 bridgehead atoms. The molecule has 0 radical (unpaired) electrons. The van der Waals surface area contributed by atoms with Crippen LogP contribution in [-0.2, 0) is 0 Å². The Bertz CT molecular complexity index is 525. The lowest BCUT2D eigenvalue weighted by atomic mass is 10.4. The van der Waals surface area contributed by atoms with Gasteiger partial charge in [0.15, 0.2) is 13.6 Å². The van der Waals surface area contributed by atoms with Gasteiger partial charge in [0.25, 0.3) is 0 Å². The van der Waals surface area contributed by atoms with E-state index in [4.69, 9.17) is 5.11 Å². The van der Waals surface area contributed by atoms with Gasteiger partial charge in [-0.3, -0.25) is 4.79 Å². The smallest absolute Gasteiger partial charge is 0.171 e. The van der Waals surface area contributed by atoms with Crippen molar-refractivity contribution in [3.05, 3.63) is 30.0 Å². The van der Waals surface area contributed by atoms with Gasteiger partial charge in [-0.2, -0.15) is 0 Å². The number of carbonyl (C=O) groups excluding carboxylic acids is 1. The van der Waals surface area contributed by atoms with Gasteiger partial charge in [0.2, 0.25) is 0 Å². The molecule has 2 rings (SSSR count). The second-order valence-corrected chi connectivity index (χ2v) is 7.87. The maximum absolute atomic E-state index is 10.6. The molecule has 1 atom stereocenters. The molecule has 0 aliphatic rings. The summed E-state index contributed by atoms with van der Waals surface area (Å²) >= 11 is 9.16. The first-order chi connectivity index (χ1) is 8.40. The summed E-state index contributed by atoms with van der Waals surface area (Å²) in [7, 11) is 0. The zero-order chi connectivity index (χ0) is 13.7. The normalized spacial score (nSPS) is 11.6. The molecule has 1 unspecified atom stereocenters. The number of aromatic nitrogens is 2. The van der Waals surface area contributed by atoms with Crippen LogP contribution in [0.5, 0.6) is 0 Å². The van der Waals surface area contributed by atoms with E-state index in [2.05, 4.69) is 41.8 Å². The van der Waals surface area contributed by atoms with E-state index in [0.29, 0.717) is 4.88 Å². The fourth-order valence-corrected chi connectivity index (χ4v) is 3.27. The molecule has 0 spiro atoms. The Balaban J connectivity index is 0.000000180. The van der Waals surface area contributed by atoms with Crippen LogP contribution in [0.4, 0.5) is 0 Å². The lowest BCUT2D eigenvalue weighted by Gasteiger charge is -1.94. The zero-order valence-electron chi connectivity index (χ0n) is 9.55. The van der Waals surface area contributed by atoms with E-state index >= 15 is 0 Å². The summed E-state index contributed by atoms with van der Waals surface area (Å²) in [6, 6.07) is 0. The van der Waals surface area contributed by atoms with Gasteiger partial charge in [0.1, 0.15) is 0 Å². The number of thiazole rings is 2.